The molecule has 0 saturated heterocycles. The number of carbonyl (C=O) groups is 1. The number of aliphatic hydroxyl groups excluding tert-OH is 5. The number of rotatable bonds is 20. The molecule has 0 aromatic heterocycles. The number of aliphatic hydroxyl groups is 5. The van der Waals surface area contributed by atoms with Gasteiger partial charge in [0.15, 0.2) is 0 Å². The van der Waals surface area contributed by atoms with E-state index in [1.54, 1.807) is 24.3 Å². The highest BCUT2D eigenvalue weighted by atomic mass is 16.5. The molecule has 0 spiro atoms. The summed E-state index contributed by atoms with van der Waals surface area (Å²) in [7, 11) is 0. The molecule has 0 heterocycles. The van der Waals surface area contributed by atoms with Crippen LogP contribution in [0.25, 0.3) is 0 Å². The molecule has 0 aliphatic heterocycles. The molecule has 0 unspecified atom stereocenters. The van der Waals surface area contributed by atoms with Gasteiger partial charge >= 0.3 is 5.97 Å². The molecule has 4 atom stereocenters. The first-order valence-electron chi connectivity index (χ1n) is 12.6. The zero-order chi connectivity index (χ0) is 25.2. The van der Waals surface area contributed by atoms with E-state index >= 15 is 0 Å². The van der Waals surface area contributed by atoms with Crippen LogP contribution in [0.4, 0.5) is 0 Å². The van der Waals surface area contributed by atoms with Crippen molar-refractivity contribution in [2.75, 3.05) is 19.8 Å². The molecule has 5 N–H and O–H groups in total. The Morgan fingerprint density at radius 2 is 1.26 bits per heavy atom. The highest BCUT2D eigenvalue weighted by Crippen LogP contribution is 2.15. The number of carbonyl (C=O) groups excluding carboxylic acids is 1. The van der Waals surface area contributed by atoms with Crippen molar-refractivity contribution >= 4 is 5.97 Å². The van der Waals surface area contributed by atoms with Crippen LogP contribution < -0.4 is 4.74 Å². The van der Waals surface area contributed by atoms with Gasteiger partial charge < -0.3 is 35.0 Å². The molecule has 1 aromatic carbocycles. The minimum atomic E-state index is -1.78. The molecular formula is C26H44O8. The summed E-state index contributed by atoms with van der Waals surface area (Å²) in [6.45, 7) is 1.50. The molecule has 0 aliphatic rings. The van der Waals surface area contributed by atoms with Gasteiger partial charge in [0.2, 0.25) is 0 Å². The quantitative estimate of drug-likeness (QED) is 0.141. The largest absolute Gasteiger partial charge is 0.494 e. The van der Waals surface area contributed by atoms with Crippen molar-refractivity contribution in [1.82, 2.24) is 0 Å². The summed E-state index contributed by atoms with van der Waals surface area (Å²) in [5, 5.41) is 47.2. The lowest BCUT2D eigenvalue weighted by Gasteiger charge is -2.25. The maximum absolute atomic E-state index is 12.1. The van der Waals surface area contributed by atoms with Gasteiger partial charge in [-0.05, 0) is 30.7 Å². The zero-order valence-electron chi connectivity index (χ0n) is 20.5. The molecule has 8 nitrogen and oxygen atoms in total. The maximum atomic E-state index is 12.1. The van der Waals surface area contributed by atoms with Crippen molar-refractivity contribution in [3.63, 3.8) is 0 Å². The van der Waals surface area contributed by atoms with Crippen LogP contribution in [0, 0.1) is 0 Å². The summed E-state index contributed by atoms with van der Waals surface area (Å²) in [4.78, 5) is 12.1. The summed E-state index contributed by atoms with van der Waals surface area (Å²) in [5.74, 6) is -0.0550. The summed E-state index contributed by atoms with van der Waals surface area (Å²) in [5.41, 5.74) is 0.250. The Balaban J connectivity index is 2.17. The molecule has 1 aromatic rings. The molecule has 0 radical (unpaired) electrons. The van der Waals surface area contributed by atoms with E-state index in [2.05, 4.69) is 6.92 Å². The van der Waals surface area contributed by atoms with E-state index in [0.29, 0.717) is 12.4 Å². The van der Waals surface area contributed by atoms with E-state index in [1.807, 2.05) is 0 Å². The second kappa shape index (κ2) is 18.6. The van der Waals surface area contributed by atoms with Gasteiger partial charge in [-0.1, -0.05) is 71.1 Å². The van der Waals surface area contributed by atoms with Crippen molar-refractivity contribution in [1.29, 1.82) is 0 Å². The van der Waals surface area contributed by atoms with Crippen molar-refractivity contribution < 1.29 is 39.8 Å². The SMILES string of the molecule is CCCCCCCCCCCCCOc1ccc(C(=O)OC[C@@H](O)[C@@H](O)[C@H](O)[C@@H](O)CO)cc1. The van der Waals surface area contributed by atoms with Crippen molar-refractivity contribution in [3.8, 4) is 5.75 Å². The molecule has 0 amide bonds. The molecule has 0 fully saturated rings. The monoisotopic (exact) mass is 484 g/mol. The van der Waals surface area contributed by atoms with E-state index < -0.39 is 43.6 Å². The molecule has 196 valence electrons. The average molecular weight is 485 g/mol. The highest BCUT2D eigenvalue weighted by molar-refractivity contribution is 5.89. The normalized spacial score (nSPS) is 14.9. The van der Waals surface area contributed by atoms with Gasteiger partial charge in [0.05, 0.1) is 18.8 Å². The topological polar surface area (TPSA) is 137 Å². The van der Waals surface area contributed by atoms with Crippen LogP contribution in [0.5, 0.6) is 5.75 Å². The first kappa shape index (κ1) is 30.3. The predicted molar refractivity (Wildman–Crippen MR) is 130 cm³/mol. The Hall–Kier alpha value is -1.71. The number of benzene rings is 1. The predicted octanol–water partition coefficient (Wildman–Crippen LogP) is 2.97. The van der Waals surface area contributed by atoms with Crippen LogP contribution in [0.3, 0.4) is 0 Å². The van der Waals surface area contributed by atoms with Gasteiger partial charge in [-0.25, -0.2) is 4.79 Å². The number of ether oxygens (including phenoxy) is 2. The van der Waals surface area contributed by atoms with E-state index in [9.17, 15) is 25.2 Å². The average Bonchev–Trinajstić information content (AvgIpc) is 2.86. The molecule has 1 rings (SSSR count). The Kier molecular flexibility index (Phi) is 16.6. The first-order chi connectivity index (χ1) is 16.4. The first-order valence-corrected chi connectivity index (χ1v) is 12.6. The fourth-order valence-corrected chi connectivity index (χ4v) is 3.55. The number of unbranched alkanes of at least 4 members (excludes halogenated alkanes) is 10. The summed E-state index contributed by atoms with van der Waals surface area (Å²) in [6.07, 6.45) is 7.23. The Morgan fingerprint density at radius 1 is 0.765 bits per heavy atom. The second-order valence-corrected chi connectivity index (χ2v) is 8.81. The smallest absolute Gasteiger partial charge is 0.338 e. The van der Waals surface area contributed by atoms with Crippen molar-refractivity contribution in [2.45, 2.75) is 102 Å². The third kappa shape index (κ3) is 12.7. The molecule has 0 aliphatic carbocycles. The third-order valence-corrected chi connectivity index (χ3v) is 5.82. The van der Waals surface area contributed by atoms with Gasteiger partial charge in [-0.15, -0.1) is 0 Å². The van der Waals surface area contributed by atoms with Crippen LogP contribution >= 0.6 is 0 Å². The minimum absolute atomic E-state index is 0.250. The summed E-state index contributed by atoms with van der Waals surface area (Å²) < 4.78 is 10.7. The van der Waals surface area contributed by atoms with Gasteiger partial charge in [-0.2, -0.15) is 0 Å². The lowest BCUT2D eigenvalue weighted by Crippen LogP contribution is -2.47. The van der Waals surface area contributed by atoms with E-state index in [0.717, 1.165) is 12.8 Å². The third-order valence-electron chi connectivity index (χ3n) is 5.82. The summed E-state index contributed by atoms with van der Waals surface area (Å²) >= 11 is 0. The zero-order valence-corrected chi connectivity index (χ0v) is 20.5. The number of hydrogen-bond acceptors (Lipinski definition) is 8. The van der Waals surface area contributed by atoms with E-state index in [1.165, 1.54) is 57.8 Å². The molecule has 0 bridgehead atoms. The van der Waals surface area contributed by atoms with Crippen molar-refractivity contribution in [2.24, 2.45) is 0 Å². The summed E-state index contributed by atoms with van der Waals surface area (Å²) in [6, 6.07) is 6.43. The lowest BCUT2D eigenvalue weighted by atomic mass is 10.0. The fraction of sp³-hybridized carbons (Fsp3) is 0.731. The van der Waals surface area contributed by atoms with Crippen molar-refractivity contribution in [3.05, 3.63) is 29.8 Å². The second-order valence-electron chi connectivity index (χ2n) is 8.81. The van der Waals surface area contributed by atoms with Gasteiger partial charge in [0.25, 0.3) is 0 Å². The van der Waals surface area contributed by atoms with Gasteiger partial charge in [-0.3, -0.25) is 0 Å². The van der Waals surface area contributed by atoms with Gasteiger partial charge in [0, 0.05) is 0 Å². The Morgan fingerprint density at radius 3 is 1.79 bits per heavy atom. The van der Waals surface area contributed by atoms with E-state index in [4.69, 9.17) is 14.6 Å². The standard InChI is InChI=1S/C26H44O8/c1-2-3-4-5-6-7-8-9-10-11-12-17-33-21-15-13-20(14-16-21)26(32)34-19-23(29)25(31)24(30)22(28)18-27/h13-16,22-25,27-31H,2-12,17-19H2,1H3/t22-,23+,24+,25+/m0/s1. The molecule has 8 heteroatoms. The fourth-order valence-electron chi connectivity index (χ4n) is 3.55. The maximum Gasteiger partial charge on any atom is 0.338 e. The van der Waals surface area contributed by atoms with E-state index in [-0.39, 0.29) is 5.56 Å². The Bertz CT molecular complexity index is 636. The number of esters is 1. The highest BCUT2D eigenvalue weighted by Gasteiger charge is 2.30. The van der Waals surface area contributed by atoms with Gasteiger partial charge in [0.1, 0.15) is 36.8 Å². The molecule has 0 saturated carbocycles. The molecular weight excluding hydrogens is 440 g/mol. The molecule has 34 heavy (non-hydrogen) atoms. The number of hydrogen-bond donors (Lipinski definition) is 5. The van der Waals surface area contributed by atoms with Crippen LogP contribution in [-0.2, 0) is 4.74 Å². The minimum Gasteiger partial charge on any atom is -0.494 e. The van der Waals surface area contributed by atoms with Crippen LogP contribution in [0.15, 0.2) is 24.3 Å². The lowest BCUT2D eigenvalue weighted by molar-refractivity contribution is -0.124. The van der Waals surface area contributed by atoms with Crippen LogP contribution in [0.1, 0.15) is 87.9 Å². The Labute approximate surface area is 203 Å². The van der Waals surface area contributed by atoms with Crippen LogP contribution in [0.2, 0.25) is 0 Å². The van der Waals surface area contributed by atoms with Crippen LogP contribution in [-0.4, -0.2) is 75.7 Å².